The van der Waals surface area contributed by atoms with Gasteiger partial charge in [-0.05, 0) is 49.7 Å². The molecule has 1 nitrogen and oxygen atoms in total. The molecule has 2 aliphatic carbocycles. The van der Waals surface area contributed by atoms with Gasteiger partial charge in [0.25, 0.3) is 0 Å². The smallest absolute Gasteiger partial charge is 0.307 e. The molecule has 1 fully saturated rings. The summed E-state index contributed by atoms with van der Waals surface area (Å²) in [5.74, 6) is -1.12. The van der Waals surface area contributed by atoms with Crippen LogP contribution in [0, 0.1) is 5.92 Å². The monoisotopic (exact) mass is 297 g/mol. The molecule has 116 valence electrons. The lowest BCUT2D eigenvalue weighted by Crippen LogP contribution is -2.41. The number of fused-ring (bicyclic) bond motifs is 1. The van der Waals surface area contributed by atoms with Crippen LogP contribution in [-0.4, -0.2) is 12.2 Å². The van der Waals surface area contributed by atoms with Crippen molar-refractivity contribution in [1.82, 2.24) is 5.32 Å². The summed E-state index contributed by atoms with van der Waals surface area (Å²) in [5, 5.41) is 3.52. The molecular formula is C17H22F3N. The number of rotatable bonds is 2. The Morgan fingerprint density at radius 3 is 2.62 bits per heavy atom. The maximum atomic E-state index is 12.9. The first-order valence-corrected chi connectivity index (χ1v) is 7.94. The van der Waals surface area contributed by atoms with E-state index in [0.717, 1.165) is 25.7 Å². The van der Waals surface area contributed by atoms with E-state index >= 15 is 0 Å². The van der Waals surface area contributed by atoms with E-state index in [2.05, 4.69) is 17.4 Å². The largest absolute Gasteiger partial charge is 0.391 e. The second kappa shape index (κ2) is 5.99. The Kier molecular flexibility index (Phi) is 4.25. The molecule has 2 aliphatic rings. The van der Waals surface area contributed by atoms with Crippen molar-refractivity contribution in [1.29, 1.82) is 0 Å². The lowest BCUT2D eigenvalue weighted by molar-refractivity contribution is -0.183. The fourth-order valence-electron chi connectivity index (χ4n) is 3.85. The molecule has 21 heavy (non-hydrogen) atoms. The van der Waals surface area contributed by atoms with Crippen LogP contribution in [0.4, 0.5) is 13.2 Å². The van der Waals surface area contributed by atoms with Crippen LogP contribution in [0.1, 0.15) is 55.7 Å². The van der Waals surface area contributed by atoms with E-state index < -0.39 is 12.1 Å². The van der Waals surface area contributed by atoms with Gasteiger partial charge in [-0.3, -0.25) is 0 Å². The highest BCUT2D eigenvalue weighted by Crippen LogP contribution is 2.39. The molecule has 0 radical (unpaired) electrons. The van der Waals surface area contributed by atoms with Crippen molar-refractivity contribution in [2.45, 2.75) is 63.2 Å². The van der Waals surface area contributed by atoms with Crippen LogP contribution in [0.2, 0.25) is 0 Å². The fourth-order valence-corrected chi connectivity index (χ4v) is 3.85. The van der Waals surface area contributed by atoms with E-state index in [1.165, 1.54) is 11.1 Å². The number of alkyl halides is 3. The normalized spacial score (nSPS) is 30.0. The zero-order valence-electron chi connectivity index (χ0n) is 12.1. The highest BCUT2D eigenvalue weighted by atomic mass is 19.4. The number of halogens is 3. The second-order valence-corrected chi connectivity index (χ2v) is 6.41. The molecule has 0 aliphatic heterocycles. The van der Waals surface area contributed by atoms with E-state index in [-0.39, 0.29) is 18.5 Å². The molecule has 1 aromatic carbocycles. The van der Waals surface area contributed by atoms with E-state index in [1.807, 2.05) is 12.1 Å². The van der Waals surface area contributed by atoms with Gasteiger partial charge in [-0.15, -0.1) is 0 Å². The summed E-state index contributed by atoms with van der Waals surface area (Å²) in [7, 11) is 0. The predicted molar refractivity (Wildman–Crippen MR) is 77.1 cm³/mol. The third-order valence-electron chi connectivity index (χ3n) is 4.94. The van der Waals surface area contributed by atoms with Crippen molar-refractivity contribution in [3.63, 3.8) is 0 Å². The molecule has 3 unspecified atom stereocenters. The molecule has 0 amide bonds. The standard InChI is InChI=1S/C17H22F3N/c18-17(19,20)13-7-4-8-14(11-13)21-16-10-3-6-12-5-1-2-9-15(12)16/h1-2,5,9,13-14,16,21H,3-4,6-8,10-11H2. The Hall–Kier alpha value is -1.03. The zero-order chi connectivity index (χ0) is 14.9. The van der Waals surface area contributed by atoms with Crippen LogP contribution in [0.5, 0.6) is 0 Å². The van der Waals surface area contributed by atoms with Gasteiger partial charge in [0.15, 0.2) is 0 Å². The average molecular weight is 297 g/mol. The molecule has 1 aromatic rings. The molecule has 1 N–H and O–H groups in total. The maximum Gasteiger partial charge on any atom is 0.391 e. The van der Waals surface area contributed by atoms with Crippen molar-refractivity contribution < 1.29 is 13.2 Å². The fraction of sp³-hybridized carbons (Fsp3) is 0.647. The third-order valence-corrected chi connectivity index (χ3v) is 4.94. The van der Waals surface area contributed by atoms with Crippen LogP contribution in [0.25, 0.3) is 0 Å². The van der Waals surface area contributed by atoms with Crippen molar-refractivity contribution in [2.75, 3.05) is 0 Å². The first-order valence-electron chi connectivity index (χ1n) is 7.94. The maximum absolute atomic E-state index is 12.9. The number of nitrogens with one attached hydrogen (secondary N) is 1. The third kappa shape index (κ3) is 3.42. The van der Waals surface area contributed by atoms with Gasteiger partial charge in [-0.2, -0.15) is 13.2 Å². The van der Waals surface area contributed by atoms with Gasteiger partial charge in [0, 0.05) is 12.1 Å². The highest BCUT2D eigenvalue weighted by Gasteiger charge is 2.42. The van der Waals surface area contributed by atoms with E-state index in [9.17, 15) is 13.2 Å². The summed E-state index contributed by atoms with van der Waals surface area (Å²) in [6.07, 6.45) is 1.27. The van der Waals surface area contributed by atoms with Crippen molar-refractivity contribution in [3.05, 3.63) is 35.4 Å². The first-order chi connectivity index (χ1) is 10.0. The lowest BCUT2D eigenvalue weighted by Gasteiger charge is -2.35. The average Bonchev–Trinajstić information content (AvgIpc) is 2.47. The first kappa shape index (κ1) is 14.9. The van der Waals surface area contributed by atoms with Crippen LogP contribution < -0.4 is 5.32 Å². The highest BCUT2D eigenvalue weighted by molar-refractivity contribution is 5.32. The molecule has 0 saturated heterocycles. The Bertz CT molecular complexity index is 483. The van der Waals surface area contributed by atoms with E-state index in [0.29, 0.717) is 12.8 Å². The van der Waals surface area contributed by atoms with Crippen LogP contribution in [0.15, 0.2) is 24.3 Å². The van der Waals surface area contributed by atoms with Gasteiger partial charge in [-0.25, -0.2) is 0 Å². The summed E-state index contributed by atoms with van der Waals surface area (Å²) in [6.45, 7) is 0. The van der Waals surface area contributed by atoms with E-state index in [4.69, 9.17) is 0 Å². The molecule has 0 spiro atoms. The zero-order valence-corrected chi connectivity index (χ0v) is 12.1. The Labute approximate surface area is 123 Å². The number of benzene rings is 1. The summed E-state index contributed by atoms with van der Waals surface area (Å²) in [4.78, 5) is 0. The van der Waals surface area contributed by atoms with Gasteiger partial charge >= 0.3 is 6.18 Å². The molecule has 0 heterocycles. The number of aryl methyl sites for hydroxylation is 1. The molecule has 3 rings (SSSR count). The van der Waals surface area contributed by atoms with Gasteiger partial charge in [0.2, 0.25) is 0 Å². The Morgan fingerprint density at radius 2 is 1.81 bits per heavy atom. The minimum absolute atomic E-state index is 0.00142. The molecule has 0 aromatic heterocycles. The van der Waals surface area contributed by atoms with Crippen LogP contribution >= 0.6 is 0 Å². The van der Waals surface area contributed by atoms with Crippen molar-refractivity contribution in [2.24, 2.45) is 5.92 Å². The number of hydrogen-bond acceptors (Lipinski definition) is 1. The van der Waals surface area contributed by atoms with Crippen molar-refractivity contribution in [3.8, 4) is 0 Å². The van der Waals surface area contributed by atoms with Gasteiger partial charge in [-0.1, -0.05) is 30.7 Å². The molecule has 3 atom stereocenters. The molecular weight excluding hydrogens is 275 g/mol. The Balaban J connectivity index is 1.67. The predicted octanol–water partition coefficient (Wildman–Crippen LogP) is 4.77. The van der Waals surface area contributed by atoms with Crippen LogP contribution in [0.3, 0.4) is 0 Å². The minimum Gasteiger partial charge on any atom is -0.307 e. The van der Waals surface area contributed by atoms with E-state index in [1.54, 1.807) is 0 Å². The second-order valence-electron chi connectivity index (χ2n) is 6.41. The molecule has 0 bridgehead atoms. The molecule has 1 saturated carbocycles. The Morgan fingerprint density at radius 1 is 1.00 bits per heavy atom. The summed E-state index contributed by atoms with van der Waals surface area (Å²) < 4.78 is 38.7. The minimum atomic E-state index is -4.04. The van der Waals surface area contributed by atoms with Gasteiger partial charge in [0.05, 0.1) is 5.92 Å². The summed E-state index contributed by atoms with van der Waals surface area (Å²) >= 11 is 0. The van der Waals surface area contributed by atoms with Crippen LogP contribution in [-0.2, 0) is 6.42 Å². The number of hydrogen-bond donors (Lipinski definition) is 1. The summed E-state index contributed by atoms with van der Waals surface area (Å²) in [5.41, 5.74) is 2.64. The molecule has 4 heteroatoms. The quantitative estimate of drug-likeness (QED) is 0.828. The summed E-state index contributed by atoms with van der Waals surface area (Å²) in [6, 6.07) is 8.56. The van der Waals surface area contributed by atoms with Gasteiger partial charge in [0.1, 0.15) is 0 Å². The lowest BCUT2D eigenvalue weighted by atomic mass is 9.82. The topological polar surface area (TPSA) is 12.0 Å². The van der Waals surface area contributed by atoms with Gasteiger partial charge < -0.3 is 5.32 Å². The SMILES string of the molecule is FC(F)(F)C1CCCC(NC2CCCc3ccccc32)C1. The van der Waals surface area contributed by atoms with Crippen molar-refractivity contribution >= 4 is 0 Å².